The number of carboxylic acids is 2. The van der Waals surface area contributed by atoms with Gasteiger partial charge in [0.15, 0.2) is 0 Å². The molecule has 1 aromatic carbocycles. The molecule has 0 aliphatic carbocycles. The summed E-state index contributed by atoms with van der Waals surface area (Å²) in [6, 6.07) is 0.652. The van der Waals surface area contributed by atoms with Crippen molar-refractivity contribution in [3.8, 4) is 0 Å². The lowest BCUT2D eigenvalue weighted by Crippen LogP contribution is -2.59. The van der Waals surface area contributed by atoms with Crippen molar-refractivity contribution in [2.75, 3.05) is 13.1 Å². The molecule has 334 valence electrons. The van der Waals surface area contributed by atoms with E-state index in [0.717, 1.165) is 10.5 Å². The fourth-order valence-electron chi connectivity index (χ4n) is 6.70. The van der Waals surface area contributed by atoms with E-state index < -0.39 is 109 Å². The number of aliphatic carboxylic acids is 2. The number of nitrogens with two attached hydrogens (primary N) is 1. The molecule has 1 heterocycles. The van der Waals surface area contributed by atoms with Gasteiger partial charge >= 0.3 is 11.9 Å². The van der Waals surface area contributed by atoms with Gasteiger partial charge in [-0.3, -0.25) is 38.4 Å². The number of carbonyl (C=O) groups is 9. The maximum Gasteiger partial charge on any atom is 0.326 e. The average Bonchev–Trinajstić information content (AvgIpc) is 3.65. The predicted octanol–water partition coefficient (Wildman–Crippen LogP) is -0.195. The highest BCUT2D eigenvalue weighted by Gasteiger charge is 2.40. The second-order valence-electron chi connectivity index (χ2n) is 16.6. The van der Waals surface area contributed by atoms with E-state index >= 15 is 0 Å². The van der Waals surface area contributed by atoms with Crippen LogP contribution in [0.2, 0.25) is 0 Å². The molecule has 0 spiro atoms. The van der Waals surface area contributed by atoms with Crippen LogP contribution in [-0.2, 0) is 49.6 Å². The quantitative estimate of drug-likeness (QED) is 0.0655. The van der Waals surface area contributed by atoms with E-state index in [9.17, 15) is 53.4 Å². The lowest BCUT2D eigenvalue weighted by molar-refractivity contribution is -0.147. The number of likely N-dealkylation sites (tertiary alicyclic amines) is 1. The lowest BCUT2D eigenvalue weighted by atomic mass is 10.0. The number of carbonyl (C=O) groups excluding carboxylic acids is 7. The van der Waals surface area contributed by atoms with Gasteiger partial charge < -0.3 is 52.7 Å². The third-order valence-corrected chi connectivity index (χ3v) is 9.66. The molecular formula is C41H64N8O11. The van der Waals surface area contributed by atoms with Crippen LogP contribution in [0.4, 0.5) is 0 Å². The molecule has 7 amide bonds. The number of amides is 7. The van der Waals surface area contributed by atoms with Crippen LogP contribution in [0.1, 0.15) is 92.6 Å². The van der Waals surface area contributed by atoms with Crippen molar-refractivity contribution < 1.29 is 53.4 Å². The minimum atomic E-state index is -1.64. The van der Waals surface area contributed by atoms with Crippen molar-refractivity contribution in [1.29, 1.82) is 0 Å². The number of hydrogen-bond acceptors (Lipinski definition) is 10. The van der Waals surface area contributed by atoms with Gasteiger partial charge in [-0.15, -0.1) is 0 Å². The molecule has 10 N–H and O–H groups in total. The molecule has 1 aromatic rings. The first kappa shape index (κ1) is 50.6. The zero-order chi connectivity index (χ0) is 45.3. The fraction of sp³-hybridized carbons (Fsp3) is 0.634. The molecule has 1 aliphatic rings. The van der Waals surface area contributed by atoms with Crippen LogP contribution in [0.15, 0.2) is 30.3 Å². The van der Waals surface area contributed by atoms with Crippen LogP contribution in [0.3, 0.4) is 0 Å². The van der Waals surface area contributed by atoms with E-state index in [-0.39, 0.29) is 56.4 Å². The minimum absolute atomic E-state index is 0.0557. The molecule has 1 saturated heterocycles. The standard InChI is InChI=1S/C41H64N8O11/c1-22(2)16-28(45-33(50)21-43-36(54)27(42)19-26-12-9-8-10-13-26)37(55)44-25(7)35(53)46-29(17-23(3)4)38(56)47-30(20-34(51)52)40(58)49-15-11-14-32(49)39(57)48-31(41(59)60)18-24(5)6/h8-10,12-13,22-25,27-32H,11,14-21,42H2,1-7H3,(H,43,54)(H,44,55)(H,45,50)(H,46,53)(H,47,56)(H,48,57)(H,51,52)(H,59,60)/t25-,27-,28-,29-,30-,31-,32-/m0/s1. The first-order chi connectivity index (χ1) is 28.1. The van der Waals surface area contributed by atoms with Gasteiger partial charge in [0.2, 0.25) is 41.4 Å². The van der Waals surface area contributed by atoms with E-state index in [0.29, 0.717) is 6.42 Å². The van der Waals surface area contributed by atoms with E-state index in [4.69, 9.17) is 5.73 Å². The third-order valence-electron chi connectivity index (χ3n) is 9.66. The number of carboxylic acid groups (broad SMARTS) is 2. The second-order valence-corrected chi connectivity index (χ2v) is 16.6. The topological polar surface area (TPSA) is 296 Å². The van der Waals surface area contributed by atoms with Crippen LogP contribution in [-0.4, -0.2) is 124 Å². The summed E-state index contributed by atoms with van der Waals surface area (Å²) in [4.78, 5) is 118. The fourth-order valence-corrected chi connectivity index (χ4v) is 6.70. The Bertz CT molecular complexity index is 1670. The van der Waals surface area contributed by atoms with Gasteiger partial charge in [0.1, 0.15) is 36.3 Å². The number of rotatable bonds is 24. The largest absolute Gasteiger partial charge is 0.481 e. The van der Waals surface area contributed by atoms with E-state index in [2.05, 4.69) is 31.9 Å². The summed E-state index contributed by atoms with van der Waals surface area (Å²) in [6.45, 7) is 11.8. The van der Waals surface area contributed by atoms with Gasteiger partial charge in [-0.05, 0) is 68.8 Å². The zero-order valence-electron chi connectivity index (χ0n) is 35.6. The highest BCUT2D eigenvalue weighted by molar-refractivity contribution is 5.98. The molecule has 1 aliphatic heterocycles. The average molecular weight is 845 g/mol. The van der Waals surface area contributed by atoms with E-state index in [1.165, 1.54) is 6.92 Å². The molecule has 1 fully saturated rings. The van der Waals surface area contributed by atoms with Crippen molar-refractivity contribution in [3.63, 3.8) is 0 Å². The first-order valence-corrected chi connectivity index (χ1v) is 20.4. The summed E-state index contributed by atoms with van der Waals surface area (Å²) in [6.07, 6.45) is 0.357. The van der Waals surface area contributed by atoms with E-state index in [1.54, 1.807) is 27.7 Å². The van der Waals surface area contributed by atoms with Crippen LogP contribution in [0, 0.1) is 17.8 Å². The van der Waals surface area contributed by atoms with Crippen molar-refractivity contribution in [3.05, 3.63) is 35.9 Å². The van der Waals surface area contributed by atoms with Crippen molar-refractivity contribution in [2.45, 2.75) is 136 Å². The Balaban J connectivity index is 2.11. The Hall–Kier alpha value is -5.59. The lowest BCUT2D eigenvalue weighted by Gasteiger charge is -2.30. The summed E-state index contributed by atoms with van der Waals surface area (Å²) < 4.78 is 0. The minimum Gasteiger partial charge on any atom is -0.481 e. The van der Waals surface area contributed by atoms with Crippen LogP contribution >= 0.6 is 0 Å². The first-order valence-electron chi connectivity index (χ1n) is 20.4. The van der Waals surface area contributed by atoms with Crippen molar-refractivity contribution >= 4 is 53.3 Å². The molecule has 0 unspecified atom stereocenters. The Kier molecular flexibility index (Phi) is 20.6. The summed E-state index contributed by atoms with van der Waals surface area (Å²) in [5.74, 6) is -8.13. The second kappa shape index (κ2) is 24.5. The maximum absolute atomic E-state index is 13.8. The van der Waals surface area contributed by atoms with Gasteiger partial charge in [0, 0.05) is 6.54 Å². The summed E-state index contributed by atoms with van der Waals surface area (Å²) in [5, 5.41) is 34.4. The number of benzene rings is 1. The Morgan fingerprint density at radius 2 is 1.22 bits per heavy atom. The summed E-state index contributed by atoms with van der Waals surface area (Å²) >= 11 is 0. The molecule has 0 aromatic heterocycles. The van der Waals surface area contributed by atoms with Gasteiger partial charge in [-0.25, -0.2) is 4.79 Å². The Morgan fingerprint density at radius 3 is 1.77 bits per heavy atom. The third kappa shape index (κ3) is 17.3. The highest BCUT2D eigenvalue weighted by Crippen LogP contribution is 2.21. The number of hydrogen-bond donors (Lipinski definition) is 9. The summed E-state index contributed by atoms with van der Waals surface area (Å²) in [5.41, 5.74) is 6.85. The van der Waals surface area contributed by atoms with Crippen LogP contribution in [0.5, 0.6) is 0 Å². The molecular weight excluding hydrogens is 780 g/mol. The predicted molar refractivity (Wildman–Crippen MR) is 219 cm³/mol. The molecule has 0 bridgehead atoms. The summed E-state index contributed by atoms with van der Waals surface area (Å²) in [7, 11) is 0. The van der Waals surface area contributed by atoms with Gasteiger partial charge in [-0.1, -0.05) is 71.9 Å². The van der Waals surface area contributed by atoms with Gasteiger partial charge in [0.25, 0.3) is 0 Å². The smallest absolute Gasteiger partial charge is 0.326 e. The Labute approximate surface area is 351 Å². The van der Waals surface area contributed by atoms with Crippen LogP contribution in [0.25, 0.3) is 0 Å². The Morgan fingerprint density at radius 1 is 0.683 bits per heavy atom. The molecule has 19 nitrogen and oxygen atoms in total. The molecule has 0 saturated carbocycles. The molecule has 60 heavy (non-hydrogen) atoms. The maximum atomic E-state index is 13.8. The SMILES string of the molecule is CC(C)C[C@H](NC(=O)[C@@H]1CCCN1C(=O)[C@H](CC(=O)O)NC(=O)[C@H](CC(C)C)NC(=O)[C@H](C)NC(=O)[C@H](CC(C)C)NC(=O)CNC(=O)[C@@H](N)Cc1ccccc1)C(=O)O. The van der Waals surface area contributed by atoms with Crippen molar-refractivity contribution in [1.82, 2.24) is 36.8 Å². The number of nitrogens with zero attached hydrogens (tertiary/aromatic N) is 1. The molecule has 7 atom stereocenters. The van der Waals surface area contributed by atoms with E-state index in [1.807, 2.05) is 44.2 Å². The molecule has 19 heteroatoms. The van der Waals surface area contributed by atoms with Gasteiger partial charge in [0.05, 0.1) is 19.0 Å². The number of nitrogens with one attached hydrogen (secondary N) is 6. The normalized spacial score (nSPS) is 16.8. The molecule has 2 rings (SSSR count). The van der Waals surface area contributed by atoms with Crippen LogP contribution < -0.4 is 37.6 Å². The van der Waals surface area contributed by atoms with Gasteiger partial charge in [-0.2, -0.15) is 0 Å². The zero-order valence-corrected chi connectivity index (χ0v) is 35.6. The molecule has 0 radical (unpaired) electrons. The van der Waals surface area contributed by atoms with Crippen molar-refractivity contribution in [2.24, 2.45) is 23.5 Å². The highest BCUT2D eigenvalue weighted by atomic mass is 16.4. The monoisotopic (exact) mass is 844 g/mol.